The largest absolute Gasteiger partial charge is 0.497 e. The quantitative estimate of drug-likeness (QED) is 0.418. The first-order chi connectivity index (χ1) is 14.5. The predicted octanol–water partition coefficient (Wildman–Crippen LogP) is 1.31. The topological polar surface area (TPSA) is 139 Å². The van der Waals surface area contributed by atoms with Crippen molar-refractivity contribution in [1.82, 2.24) is 5.32 Å². The summed E-state index contributed by atoms with van der Waals surface area (Å²) < 4.78 is 10.4. The van der Waals surface area contributed by atoms with Crippen LogP contribution in [0.15, 0.2) is 58.5 Å². The predicted molar refractivity (Wildman–Crippen MR) is 114 cm³/mol. The fraction of sp³-hybridized carbons (Fsp3) is 0.200. The molecule has 10 nitrogen and oxygen atoms in total. The summed E-state index contributed by atoms with van der Waals surface area (Å²) in [7, 11) is 3.01. The van der Waals surface area contributed by atoms with Crippen LogP contribution in [0.3, 0.4) is 0 Å². The minimum atomic E-state index is -0.912. The summed E-state index contributed by atoms with van der Waals surface area (Å²) in [5.74, 6) is 0.276. The molecule has 30 heavy (non-hydrogen) atoms. The number of nitrogens with two attached hydrogens (primary N) is 1. The first-order valence-electron chi connectivity index (χ1n) is 9.05. The fourth-order valence-corrected chi connectivity index (χ4v) is 2.73. The number of rotatable bonds is 6. The van der Waals surface area contributed by atoms with E-state index in [9.17, 15) is 9.59 Å². The lowest BCUT2D eigenvalue weighted by molar-refractivity contribution is -0.123. The minimum absolute atomic E-state index is 0.0395. The van der Waals surface area contributed by atoms with E-state index in [0.29, 0.717) is 17.2 Å². The van der Waals surface area contributed by atoms with Gasteiger partial charge in [0.15, 0.2) is 0 Å². The van der Waals surface area contributed by atoms with Crippen molar-refractivity contribution >= 4 is 35.1 Å². The van der Waals surface area contributed by atoms with Gasteiger partial charge in [0.05, 0.1) is 26.3 Å². The Bertz CT molecular complexity index is 990. The smallest absolute Gasteiger partial charge is 0.252 e. The van der Waals surface area contributed by atoms with Gasteiger partial charge >= 0.3 is 0 Å². The number of hydrogen-bond donors (Lipinski definition) is 4. The Balaban J connectivity index is 1.64. The summed E-state index contributed by atoms with van der Waals surface area (Å²) in [6.07, 6.45) is -0.169. The van der Waals surface area contributed by atoms with Crippen molar-refractivity contribution in [3.63, 3.8) is 0 Å². The van der Waals surface area contributed by atoms with Crippen molar-refractivity contribution in [2.75, 3.05) is 24.9 Å². The molecule has 0 saturated carbocycles. The zero-order valence-electron chi connectivity index (χ0n) is 16.5. The Morgan fingerprint density at radius 2 is 1.93 bits per heavy atom. The Morgan fingerprint density at radius 1 is 1.17 bits per heavy atom. The van der Waals surface area contributed by atoms with Crippen LogP contribution in [-0.2, 0) is 9.59 Å². The molecule has 156 valence electrons. The van der Waals surface area contributed by atoms with Crippen molar-refractivity contribution < 1.29 is 19.1 Å². The second-order valence-corrected chi connectivity index (χ2v) is 6.26. The van der Waals surface area contributed by atoms with Gasteiger partial charge in [-0.2, -0.15) is 4.99 Å². The van der Waals surface area contributed by atoms with Crippen molar-refractivity contribution in [3.05, 3.63) is 48.5 Å². The van der Waals surface area contributed by atoms with E-state index in [1.165, 1.54) is 14.2 Å². The lowest BCUT2D eigenvalue weighted by Crippen LogP contribution is -2.32. The van der Waals surface area contributed by atoms with Crippen molar-refractivity contribution in [3.8, 4) is 11.5 Å². The van der Waals surface area contributed by atoms with Crippen LogP contribution < -0.4 is 31.2 Å². The normalized spacial score (nSPS) is 15.8. The van der Waals surface area contributed by atoms with Crippen molar-refractivity contribution in [2.24, 2.45) is 15.7 Å². The third-order valence-corrected chi connectivity index (χ3v) is 4.15. The van der Waals surface area contributed by atoms with Gasteiger partial charge in [-0.15, -0.1) is 0 Å². The molecule has 0 bridgehead atoms. The number of methoxy groups -OCH3 is 2. The van der Waals surface area contributed by atoms with E-state index < -0.39 is 17.9 Å². The number of guanidine groups is 2. The van der Waals surface area contributed by atoms with Gasteiger partial charge in [0.25, 0.3) is 5.91 Å². The highest BCUT2D eigenvalue weighted by molar-refractivity contribution is 6.11. The van der Waals surface area contributed by atoms with Gasteiger partial charge in [-0.3, -0.25) is 14.9 Å². The molecule has 1 heterocycles. The molecule has 2 amide bonds. The molecule has 0 radical (unpaired) electrons. The van der Waals surface area contributed by atoms with Gasteiger partial charge in [-0.05, 0) is 24.3 Å². The summed E-state index contributed by atoms with van der Waals surface area (Å²) in [6.45, 7) is 0. The van der Waals surface area contributed by atoms with Crippen LogP contribution in [0.25, 0.3) is 0 Å². The maximum atomic E-state index is 12.4. The lowest BCUT2D eigenvalue weighted by Gasteiger charge is -2.12. The average molecular weight is 410 g/mol. The Kier molecular flexibility index (Phi) is 6.48. The third-order valence-electron chi connectivity index (χ3n) is 4.15. The number of nitrogens with zero attached hydrogens (tertiary/aromatic N) is 2. The summed E-state index contributed by atoms with van der Waals surface area (Å²) in [6, 6.07) is 13.3. The highest BCUT2D eigenvalue weighted by Gasteiger charge is 2.29. The van der Waals surface area contributed by atoms with E-state index in [2.05, 4.69) is 25.9 Å². The minimum Gasteiger partial charge on any atom is -0.497 e. The number of para-hydroxylation sites is 1. The van der Waals surface area contributed by atoms with Crippen LogP contribution in [-0.4, -0.2) is 44.0 Å². The van der Waals surface area contributed by atoms with E-state index in [1.807, 2.05) is 30.3 Å². The van der Waals surface area contributed by atoms with Crippen LogP contribution in [0.5, 0.6) is 11.5 Å². The van der Waals surface area contributed by atoms with Crippen LogP contribution in [0, 0.1) is 0 Å². The number of carbonyl (C=O) groups is 2. The Morgan fingerprint density at radius 3 is 2.63 bits per heavy atom. The van der Waals surface area contributed by atoms with Gasteiger partial charge in [-0.25, -0.2) is 4.99 Å². The molecule has 2 aromatic carbocycles. The standard InChI is InChI=1S/C20H22N6O4/c1-29-13-8-9-16(30-2)14(10-13)23-17(27)11-15-18(28)25-20(24-15)26-19(21)22-12-6-4-3-5-7-12/h3-10,15H,11H2,1-2H3,(H,23,27)(H4,21,22,24,25,26,28)/t15-/m1/s1. The zero-order valence-corrected chi connectivity index (χ0v) is 16.5. The SMILES string of the molecule is COc1ccc(OC)c(NC(=O)C[C@H]2N=C(N=C(N)Nc3ccccc3)NC2=O)c1. The van der Waals surface area contributed by atoms with Gasteiger partial charge in [0.2, 0.25) is 17.8 Å². The monoisotopic (exact) mass is 410 g/mol. The highest BCUT2D eigenvalue weighted by Crippen LogP contribution is 2.29. The van der Waals surface area contributed by atoms with Gasteiger partial charge < -0.3 is 25.8 Å². The summed E-state index contributed by atoms with van der Waals surface area (Å²) in [5, 5.41) is 8.10. The van der Waals surface area contributed by atoms with Gasteiger partial charge in [-0.1, -0.05) is 18.2 Å². The fourth-order valence-electron chi connectivity index (χ4n) is 2.73. The van der Waals surface area contributed by atoms with Crippen LogP contribution in [0.2, 0.25) is 0 Å². The molecule has 0 spiro atoms. The second kappa shape index (κ2) is 9.41. The number of hydrogen-bond acceptors (Lipinski definition) is 6. The number of aliphatic imine (C=N–C) groups is 2. The molecule has 0 fully saturated rings. The summed E-state index contributed by atoms with van der Waals surface area (Å²) in [5.41, 5.74) is 7.01. The van der Waals surface area contributed by atoms with Crippen LogP contribution >= 0.6 is 0 Å². The number of anilines is 2. The molecular formula is C20H22N6O4. The zero-order chi connectivity index (χ0) is 21.5. The molecule has 10 heteroatoms. The molecular weight excluding hydrogens is 388 g/mol. The van der Waals surface area contributed by atoms with E-state index in [1.54, 1.807) is 18.2 Å². The van der Waals surface area contributed by atoms with Crippen LogP contribution in [0.4, 0.5) is 11.4 Å². The Labute approximate surface area is 173 Å². The molecule has 0 aromatic heterocycles. The van der Waals surface area contributed by atoms with Crippen LogP contribution in [0.1, 0.15) is 6.42 Å². The van der Waals surface area contributed by atoms with E-state index in [4.69, 9.17) is 15.2 Å². The molecule has 1 aliphatic heterocycles. The van der Waals surface area contributed by atoms with E-state index in [0.717, 1.165) is 5.69 Å². The first-order valence-corrected chi connectivity index (χ1v) is 9.05. The molecule has 1 atom stereocenters. The lowest BCUT2D eigenvalue weighted by atomic mass is 10.2. The number of nitrogens with one attached hydrogen (secondary N) is 3. The average Bonchev–Trinajstić information content (AvgIpc) is 3.06. The molecule has 0 saturated heterocycles. The summed E-state index contributed by atoms with van der Waals surface area (Å²) in [4.78, 5) is 32.8. The molecule has 3 rings (SSSR count). The second-order valence-electron chi connectivity index (χ2n) is 6.26. The van der Waals surface area contributed by atoms with Gasteiger partial charge in [0.1, 0.15) is 17.5 Å². The number of amides is 2. The van der Waals surface area contributed by atoms with Gasteiger partial charge in [0, 0.05) is 11.8 Å². The van der Waals surface area contributed by atoms with Crippen molar-refractivity contribution in [2.45, 2.75) is 12.5 Å². The molecule has 2 aromatic rings. The maximum Gasteiger partial charge on any atom is 0.252 e. The number of benzene rings is 2. The maximum absolute atomic E-state index is 12.4. The highest BCUT2D eigenvalue weighted by atomic mass is 16.5. The molecule has 0 aliphatic carbocycles. The first kappa shape index (κ1) is 20.6. The number of ether oxygens (including phenoxy) is 2. The molecule has 0 unspecified atom stereocenters. The molecule has 5 N–H and O–H groups in total. The van der Waals surface area contributed by atoms with E-state index >= 15 is 0 Å². The van der Waals surface area contributed by atoms with Crippen molar-refractivity contribution in [1.29, 1.82) is 0 Å². The van der Waals surface area contributed by atoms with E-state index in [-0.39, 0.29) is 18.3 Å². The molecule has 1 aliphatic rings. The third kappa shape index (κ3) is 5.25. The summed E-state index contributed by atoms with van der Waals surface area (Å²) >= 11 is 0. The number of carbonyl (C=O) groups excluding carboxylic acids is 2. The Hall–Kier alpha value is -4.08.